The van der Waals surface area contributed by atoms with E-state index in [2.05, 4.69) is 13.8 Å². The number of carbonyl (C=O) groups excluding carboxylic acids is 3. The Labute approximate surface area is 222 Å². The summed E-state index contributed by atoms with van der Waals surface area (Å²) < 4.78 is 5.64. The van der Waals surface area contributed by atoms with Crippen molar-refractivity contribution in [1.29, 1.82) is 0 Å². The first-order valence-corrected chi connectivity index (χ1v) is 14.3. The van der Waals surface area contributed by atoms with Crippen LogP contribution in [-0.4, -0.2) is 51.8 Å². The Hall–Kier alpha value is -1.92. The van der Waals surface area contributed by atoms with Gasteiger partial charge in [0, 0.05) is 12.0 Å². The maximum Gasteiger partial charge on any atom is 0.411 e. The Balaban J connectivity index is 1.55. The molecular formula is C30H46NO6. The van der Waals surface area contributed by atoms with Gasteiger partial charge in [-0.2, -0.15) is 0 Å². The molecule has 1 radical (unpaired) electrons. The van der Waals surface area contributed by atoms with Gasteiger partial charge in [0.15, 0.2) is 0 Å². The van der Waals surface area contributed by atoms with Gasteiger partial charge in [-0.1, -0.05) is 13.8 Å². The molecule has 0 bridgehead atoms. The number of hydrogen-bond acceptors (Lipinski definition) is 5. The van der Waals surface area contributed by atoms with Gasteiger partial charge in [-0.05, 0) is 120 Å². The van der Waals surface area contributed by atoms with E-state index in [0.29, 0.717) is 29.5 Å². The van der Waals surface area contributed by atoms with Gasteiger partial charge in [-0.25, -0.2) is 4.79 Å². The lowest BCUT2D eigenvalue weighted by Crippen LogP contribution is -2.58. The molecule has 7 nitrogen and oxygen atoms in total. The van der Waals surface area contributed by atoms with Crippen LogP contribution in [0.2, 0.25) is 0 Å². The molecule has 7 heteroatoms. The average Bonchev–Trinajstić information content (AvgIpc) is 3.14. The van der Waals surface area contributed by atoms with Gasteiger partial charge in [0.1, 0.15) is 17.4 Å². The molecule has 4 rings (SSSR count). The molecule has 1 N–H and O–H groups in total. The second kappa shape index (κ2) is 10.00. The molecule has 4 fully saturated rings. The smallest absolute Gasteiger partial charge is 0.411 e. The van der Waals surface area contributed by atoms with E-state index < -0.39 is 30.1 Å². The number of carboxylic acids is 1. The van der Waals surface area contributed by atoms with Gasteiger partial charge in [0.05, 0.1) is 6.42 Å². The van der Waals surface area contributed by atoms with Crippen LogP contribution >= 0.6 is 0 Å². The van der Waals surface area contributed by atoms with Crippen molar-refractivity contribution >= 4 is 24.1 Å². The Bertz CT molecular complexity index is 926. The zero-order valence-electron chi connectivity index (χ0n) is 23.5. The van der Waals surface area contributed by atoms with Crippen LogP contribution in [-0.2, 0) is 19.1 Å². The number of ketones is 1. The lowest BCUT2D eigenvalue weighted by molar-refractivity contribution is -0.140. The fourth-order valence-corrected chi connectivity index (χ4v) is 9.36. The molecule has 0 aromatic carbocycles. The summed E-state index contributed by atoms with van der Waals surface area (Å²) in [4.78, 5) is 50.5. The molecule has 0 aromatic heterocycles. The van der Waals surface area contributed by atoms with Gasteiger partial charge in [-0.3, -0.25) is 19.3 Å². The zero-order chi connectivity index (χ0) is 27.3. The Morgan fingerprint density at radius 2 is 1.65 bits per heavy atom. The van der Waals surface area contributed by atoms with E-state index in [1.807, 2.05) is 6.29 Å². The molecule has 0 aromatic rings. The van der Waals surface area contributed by atoms with E-state index in [4.69, 9.17) is 4.74 Å². The molecule has 9 atom stereocenters. The lowest BCUT2D eigenvalue weighted by atomic mass is 9.44. The third-order valence-corrected chi connectivity index (χ3v) is 11.0. The predicted octanol–water partition coefficient (Wildman–Crippen LogP) is 5.79. The Morgan fingerprint density at radius 1 is 1.00 bits per heavy atom. The van der Waals surface area contributed by atoms with E-state index in [1.165, 1.54) is 4.90 Å². The van der Waals surface area contributed by atoms with E-state index in [-0.39, 0.29) is 22.8 Å². The molecule has 0 spiro atoms. The van der Waals surface area contributed by atoms with E-state index in [9.17, 15) is 24.3 Å². The summed E-state index contributed by atoms with van der Waals surface area (Å²) in [5, 5.41) is 9.40. The van der Waals surface area contributed by atoms with Crippen LogP contribution in [0.3, 0.4) is 0 Å². The van der Waals surface area contributed by atoms with Crippen molar-refractivity contribution in [3.8, 4) is 0 Å². The van der Waals surface area contributed by atoms with Gasteiger partial charge >= 0.3 is 12.1 Å². The Kier molecular flexibility index (Phi) is 7.59. The summed E-state index contributed by atoms with van der Waals surface area (Å²) in [7, 11) is 0. The first kappa shape index (κ1) is 28.1. The molecular weight excluding hydrogens is 470 g/mol. The summed E-state index contributed by atoms with van der Waals surface area (Å²) in [6, 6.07) is -1.40. The predicted molar refractivity (Wildman–Crippen MR) is 139 cm³/mol. The average molecular weight is 517 g/mol. The number of aliphatic carboxylic acids is 1. The third-order valence-electron chi connectivity index (χ3n) is 11.0. The van der Waals surface area contributed by atoms with Crippen molar-refractivity contribution in [1.82, 2.24) is 4.90 Å². The minimum atomic E-state index is -1.16. The maximum absolute atomic E-state index is 13.3. The van der Waals surface area contributed by atoms with Crippen molar-refractivity contribution in [3.05, 3.63) is 0 Å². The van der Waals surface area contributed by atoms with E-state index in [0.717, 1.165) is 57.8 Å². The monoisotopic (exact) mass is 516 g/mol. The molecule has 4 aliphatic rings. The first-order chi connectivity index (χ1) is 17.2. The van der Waals surface area contributed by atoms with Crippen LogP contribution in [0.4, 0.5) is 4.79 Å². The summed E-state index contributed by atoms with van der Waals surface area (Å²) in [5.74, 6) is 1.70. The summed E-state index contributed by atoms with van der Waals surface area (Å²) in [5.41, 5.74) is -0.465. The number of carboxylic acid groups (broad SMARTS) is 1. The molecule has 1 amide bonds. The molecule has 4 aliphatic carbocycles. The van der Waals surface area contributed by atoms with Crippen molar-refractivity contribution in [3.63, 3.8) is 0 Å². The van der Waals surface area contributed by atoms with Gasteiger partial charge < -0.3 is 9.84 Å². The molecule has 207 valence electrons. The first-order valence-electron chi connectivity index (χ1n) is 14.3. The maximum atomic E-state index is 13.3. The fourth-order valence-electron chi connectivity index (χ4n) is 9.36. The SMILES string of the molecule is CC(=O)[C@H]1CCC2C3CC[C@@H]4C[C@H](N(C(=O)OC(C)(C)C)[C@H]([C]=O)CC(=O)O)CC[C@]4(C)C3CC[C@@]21C. The summed E-state index contributed by atoms with van der Waals surface area (Å²) in [6.07, 6.45) is 9.83. The third kappa shape index (κ3) is 5.08. The number of carbonyl (C=O) groups is 3. The highest BCUT2D eigenvalue weighted by molar-refractivity contribution is 5.80. The minimum absolute atomic E-state index is 0.130. The number of fused-ring (bicyclic) bond motifs is 5. The van der Waals surface area contributed by atoms with Crippen LogP contribution in [0.5, 0.6) is 0 Å². The molecule has 4 saturated carbocycles. The topological polar surface area (TPSA) is 101 Å². The fraction of sp³-hybridized carbons (Fsp3) is 0.867. The minimum Gasteiger partial charge on any atom is -0.481 e. The van der Waals surface area contributed by atoms with E-state index >= 15 is 0 Å². The summed E-state index contributed by atoms with van der Waals surface area (Å²) in [6.45, 7) is 11.9. The highest BCUT2D eigenvalue weighted by Gasteiger charge is 2.61. The van der Waals surface area contributed by atoms with Crippen molar-refractivity contribution in [2.45, 2.75) is 123 Å². The van der Waals surface area contributed by atoms with Crippen molar-refractivity contribution < 1.29 is 29.0 Å². The molecule has 0 aliphatic heterocycles. The Morgan fingerprint density at radius 3 is 2.24 bits per heavy atom. The standard InChI is InChI=1S/C30H46NO6/c1-18(33)23-9-10-24-22-8-7-19-15-20(11-13-29(19,5)25(22)12-14-30(23,24)6)31(21(17-32)16-26(34)35)27(36)37-28(2,3)4/h19-25H,7-16H2,1-6H3,(H,34,35)/t19-,20-,21+,22?,23-,24?,25?,29+,30-/m1/s1. The van der Waals surface area contributed by atoms with Crippen LogP contribution in [0.25, 0.3) is 0 Å². The van der Waals surface area contributed by atoms with Crippen LogP contribution in [0.1, 0.15) is 106 Å². The van der Waals surface area contributed by atoms with Crippen molar-refractivity contribution in [2.24, 2.45) is 40.4 Å². The summed E-state index contributed by atoms with van der Waals surface area (Å²) >= 11 is 0. The van der Waals surface area contributed by atoms with Crippen LogP contribution in [0.15, 0.2) is 0 Å². The van der Waals surface area contributed by atoms with Gasteiger partial charge in [0.2, 0.25) is 6.29 Å². The number of nitrogens with zero attached hydrogens (tertiary/aromatic N) is 1. The van der Waals surface area contributed by atoms with E-state index in [1.54, 1.807) is 27.7 Å². The zero-order valence-corrected chi connectivity index (χ0v) is 23.5. The number of amides is 1. The lowest BCUT2D eigenvalue weighted by Gasteiger charge is -2.61. The van der Waals surface area contributed by atoms with Crippen molar-refractivity contribution in [2.75, 3.05) is 0 Å². The number of rotatable bonds is 6. The second-order valence-corrected chi connectivity index (χ2v) is 14.0. The van der Waals surface area contributed by atoms with Gasteiger partial charge in [0.25, 0.3) is 0 Å². The molecule has 0 heterocycles. The largest absolute Gasteiger partial charge is 0.481 e. The normalized spacial score (nSPS) is 39.9. The van der Waals surface area contributed by atoms with Crippen LogP contribution in [0, 0.1) is 40.4 Å². The number of ether oxygens (including phenoxy) is 1. The number of hydrogen-bond donors (Lipinski definition) is 1. The molecule has 37 heavy (non-hydrogen) atoms. The quantitative estimate of drug-likeness (QED) is 0.479. The molecule has 0 saturated heterocycles. The van der Waals surface area contributed by atoms with Crippen LogP contribution < -0.4 is 0 Å². The molecule has 3 unspecified atom stereocenters. The highest BCUT2D eigenvalue weighted by atomic mass is 16.6. The number of Topliss-reactive ketones (excluding diaryl/α,β-unsaturated/α-hetero) is 1. The second-order valence-electron chi connectivity index (χ2n) is 14.0. The highest BCUT2D eigenvalue weighted by Crippen LogP contribution is 2.67. The van der Waals surface area contributed by atoms with Gasteiger partial charge in [-0.15, -0.1) is 0 Å².